The van der Waals surface area contributed by atoms with Crippen LogP contribution in [-0.4, -0.2) is 25.2 Å². The van der Waals surface area contributed by atoms with Gasteiger partial charge in [-0.2, -0.15) is 0 Å². The zero-order chi connectivity index (χ0) is 8.69. The molecule has 0 heterocycles. The summed E-state index contributed by atoms with van der Waals surface area (Å²) >= 11 is 0. The van der Waals surface area contributed by atoms with Crippen molar-refractivity contribution in [3.8, 4) is 0 Å². The molecule has 0 N–H and O–H groups in total. The van der Waals surface area contributed by atoms with Crippen molar-refractivity contribution in [2.75, 3.05) is 13.2 Å². The molecule has 0 spiro atoms. The van der Waals surface area contributed by atoms with Crippen molar-refractivity contribution in [3.05, 3.63) is 6.42 Å². The van der Waals surface area contributed by atoms with Crippen molar-refractivity contribution in [2.24, 2.45) is 0 Å². The van der Waals surface area contributed by atoms with Crippen LogP contribution in [0.4, 0.5) is 0 Å². The number of hydrogen-bond acceptors (Lipinski definition) is 4. The zero-order valence-electron chi connectivity index (χ0n) is 7.20. The molecule has 0 fully saturated rings. The molecule has 0 unspecified atom stereocenters. The molecular weight excluding hydrogens is 237 g/mol. The van der Waals surface area contributed by atoms with Crippen LogP contribution >= 0.6 is 0 Å². The summed E-state index contributed by atoms with van der Waals surface area (Å²) in [4.78, 5) is 20.4. The van der Waals surface area contributed by atoms with E-state index in [0.717, 1.165) is 0 Å². The second-order valence-corrected chi connectivity index (χ2v) is 1.89. The summed E-state index contributed by atoms with van der Waals surface area (Å²) in [6.45, 7) is 3.00. The molecule has 0 aromatic rings. The fourth-order valence-corrected chi connectivity index (χ4v) is 0.401. The van der Waals surface area contributed by atoms with E-state index in [1.165, 1.54) is 13.8 Å². The molecule has 0 amide bonds. The second-order valence-electron chi connectivity index (χ2n) is 1.89. The van der Waals surface area contributed by atoms with Crippen molar-refractivity contribution < 1.29 is 51.8 Å². The van der Waals surface area contributed by atoms with Gasteiger partial charge in [0.1, 0.15) is 0 Å². The molecule has 5 heteroatoms. The smallest absolute Gasteiger partial charge is 0.300 e. The second kappa shape index (κ2) is 9.13. The fraction of sp³-hybridized carbons (Fsp3) is 0.571. The van der Waals surface area contributed by atoms with E-state index in [0.29, 0.717) is 0 Å². The predicted molar refractivity (Wildman–Crippen MR) is 37.6 cm³/mol. The van der Waals surface area contributed by atoms with Crippen molar-refractivity contribution in [3.63, 3.8) is 0 Å². The Hall–Kier alpha value is 0.0439. The standard InChI is InChI=1S/C7H11O4.Y/c1-6(8)10-4-3-5-11-7(2)9;/h3H,4-5H2,1-2H3;/q-1;. The number of carbonyl (C=O) groups is 2. The van der Waals surface area contributed by atoms with Gasteiger partial charge < -0.3 is 9.47 Å². The molecule has 12 heavy (non-hydrogen) atoms. The van der Waals surface area contributed by atoms with E-state index in [2.05, 4.69) is 9.47 Å². The van der Waals surface area contributed by atoms with Gasteiger partial charge in [0, 0.05) is 46.6 Å². The molecule has 0 bridgehead atoms. The van der Waals surface area contributed by atoms with E-state index in [4.69, 9.17) is 0 Å². The van der Waals surface area contributed by atoms with E-state index in [1.807, 2.05) is 0 Å². The van der Waals surface area contributed by atoms with Gasteiger partial charge in [-0.25, -0.2) is 0 Å². The molecular formula is C7H11O4Y-. The van der Waals surface area contributed by atoms with Crippen LogP contribution in [-0.2, 0) is 51.8 Å². The number of ether oxygens (including phenoxy) is 2. The molecule has 0 aromatic heterocycles. The third-order valence-corrected chi connectivity index (χ3v) is 0.809. The maximum Gasteiger partial charge on any atom is 0.300 e. The number of carbonyl (C=O) groups excluding carboxylic acids is 2. The van der Waals surface area contributed by atoms with Gasteiger partial charge in [0.05, 0.1) is 0 Å². The topological polar surface area (TPSA) is 52.6 Å². The van der Waals surface area contributed by atoms with Crippen molar-refractivity contribution >= 4 is 11.9 Å². The summed E-state index contributed by atoms with van der Waals surface area (Å²) in [5.74, 6) is -0.687. The van der Waals surface area contributed by atoms with Crippen molar-refractivity contribution in [1.29, 1.82) is 0 Å². The zero-order valence-corrected chi connectivity index (χ0v) is 10.0. The quantitative estimate of drug-likeness (QED) is 0.408. The predicted octanol–water partition coefficient (Wildman–Crippen LogP) is 0.314. The van der Waals surface area contributed by atoms with Crippen molar-refractivity contribution in [2.45, 2.75) is 13.8 Å². The molecule has 0 saturated carbocycles. The SMILES string of the molecule is CC(=O)OC[CH-]COC(C)=O.[Y]. The molecule has 0 aliphatic rings. The first-order valence-electron chi connectivity index (χ1n) is 3.21. The van der Waals surface area contributed by atoms with Crippen LogP contribution in [0.1, 0.15) is 13.8 Å². The van der Waals surface area contributed by atoms with Crippen LogP contribution < -0.4 is 0 Å². The first kappa shape index (κ1) is 14.6. The van der Waals surface area contributed by atoms with Gasteiger partial charge in [-0.15, -0.1) is 0 Å². The average Bonchev–Trinajstić information content (AvgIpc) is 1.85. The van der Waals surface area contributed by atoms with Gasteiger partial charge >= 0.3 is 0 Å². The molecule has 0 aliphatic carbocycles. The number of rotatable bonds is 4. The van der Waals surface area contributed by atoms with Crippen LogP contribution in [0.5, 0.6) is 0 Å². The maximum absolute atomic E-state index is 10.2. The van der Waals surface area contributed by atoms with Gasteiger partial charge in [-0.3, -0.25) is 16.0 Å². The molecule has 67 valence electrons. The van der Waals surface area contributed by atoms with E-state index < -0.39 is 0 Å². The van der Waals surface area contributed by atoms with Gasteiger partial charge in [0.25, 0.3) is 11.9 Å². The Morgan fingerprint density at radius 1 is 1.08 bits per heavy atom. The Labute approximate surface area is 96.9 Å². The Morgan fingerprint density at radius 3 is 1.67 bits per heavy atom. The normalized spacial score (nSPS) is 8.17. The number of esters is 2. The summed E-state index contributed by atoms with van der Waals surface area (Å²) in [5, 5.41) is 0. The Kier molecular flexibility index (Phi) is 11.1. The maximum atomic E-state index is 10.2. The first-order chi connectivity index (χ1) is 5.13. The van der Waals surface area contributed by atoms with Crippen LogP contribution in [0.2, 0.25) is 0 Å². The monoisotopic (exact) mass is 248 g/mol. The minimum absolute atomic E-state index is 0. The van der Waals surface area contributed by atoms with E-state index >= 15 is 0 Å². The van der Waals surface area contributed by atoms with Gasteiger partial charge in [-0.05, 0) is 13.2 Å². The third kappa shape index (κ3) is 12.7. The van der Waals surface area contributed by atoms with Crippen LogP contribution in [0.3, 0.4) is 0 Å². The van der Waals surface area contributed by atoms with Crippen molar-refractivity contribution in [1.82, 2.24) is 0 Å². The van der Waals surface area contributed by atoms with E-state index in [1.54, 1.807) is 6.42 Å². The molecule has 0 saturated heterocycles. The summed E-state index contributed by atoms with van der Waals surface area (Å²) in [6, 6.07) is 0. The summed E-state index contributed by atoms with van der Waals surface area (Å²) < 4.78 is 9.08. The van der Waals surface area contributed by atoms with Crippen LogP contribution in [0, 0.1) is 6.42 Å². The summed E-state index contributed by atoms with van der Waals surface area (Å²) in [7, 11) is 0. The molecule has 1 radical (unpaired) electrons. The van der Waals surface area contributed by atoms with Gasteiger partial charge in [0.15, 0.2) is 0 Å². The first-order valence-corrected chi connectivity index (χ1v) is 3.21. The van der Waals surface area contributed by atoms with E-state index in [-0.39, 0.29) is 57.9 Å². The molecule has 0 rings (SSSR count). The molecule has 0 aliphatic heterocycles. The molecule has 4 nitrogen and oxygen atoms in total. The number of hydrogen-bond donors (Lipinski definition) is 0. The molecule has 0 aromatic carbocycles. The average molecular weight is 248 g/mol. The Balaban J connectivity index is 0. The summed E-state index contributed by atoms with van der Waals surface area (Å²) in [5.41, 5.74) is 0. The summed E-state index contributed by atoms with van der Waals surface area (Å²) in [6.07, 6.45) is 1.56. The largest absolute Gasteiger partial charge is 0.499 e. The van der Waals surface area contributed by atoms with Crippen LogP contribution in [0.25, 0.3) is 0 Å². The molecule has 0 atom stereocenters. The van der Waals surface area contributed by atoms with Crippen LogP contribution in [0.15, 0.2) is 0 Å². The fourth-order valence-electron chi connectivity index (χ4n) is 0.401. The van der Waals surface area contributed by atoms with E-state index in [9.17, 15) is 9.59 Å². The van der Waals surface area contributed by atoms with Gasteiger partial charge in [0.2, 0.25) is 0 Å². The minimum Gasteiger partial charge on any atom is -0.499 e. The Morgan fingerprint density at radius 2 is 1.42 bits per heavy atom. The Bertz CT molecular complexity index is 130. The van der Waals surface area contributed by atoms with Gasteiger partial charge in [-0.1, -0.05) is 0 Å². The minimum atomic E-state index is -0.343. The third-order valence-electron chi connectivity index (χ3n) is 0.809.